The van der Waals surface area contributed by atoms with E-state index in [0.29, 0.717) is 39.4 Å². The number of carbonyl (C=O) groups is 1. The van der Waals surface area contributed by atoms with Gasteiger partial charge in [0.2, 0.25) is 5.75 Å². The molecule has 0 radical (unpaired) electrons. The highest BCUT2D eigenvalue weighted by molar-refractivity contribution is 7.17. The van der Waals surface area contributed by atoms with E-state index >= 15 is 0 Å². The molecule has 0 saturated heterocycles. The second-order valence-electron chi connectivity index (χ2n) is 10.1. The third kappa shape index (κ3) is 7.46. The molecule has 0 spiro atoms. The van der Waals surface area contributed by atoms with Crippen LogP contribution in [0.4, 0.5) is 0 Å². The fourth-order valence-electron chi connectivity index (χ4n) is 4.99. The first kappa shape index (κ1) is 31.0. The van der Waals surface area contributed by atoms with Crippen LogP contribution in [0.15, 0.2) is 60.0 Å². The zero-order valence-electron chi connectivity index (χ0n) is 24.1. The number of hydrogen-bond acceptors (Lipinski definition) is 6. The van der Waals surface area contributed by atoms with Gasteiger partial charge >= 0.3 is 0 Å². The van der Waals surface area contributed by atoms with Crippen LogP contribution in [-0.2, 0) is 6.42 Å². The lowest BCUT2D eigenvalue weighted by Crippen LogP contribution is -2.33. The van der Waals surface area contributed by atoms with E-state index in [1.165, 1.54) is 37.0 Å². The van der Waals surface area contributed by atoms with Crippen LogP contribution in [0.1, 0.15) is 33.8 Å². The van der Waals surface area contributed by atoms with E-state index in [0.717, 1.165) is 31.5 Å². The molecule has 0 aliphatic heterocycles. The van der Waals surface area contributed by atoms with Gasteiger partial charge in [0.1, 0.15) is 0 Å². The van der Waals surface area contributed by atoms with Crippen molar-refractivity contribution >= 4 is 50.5 Å². The third-order valence-electron chi connectivity index (χ3n) is 7.35. The Morgan fingerprint density at radius 3 is 2.27 bits per heavy atom. The van der Waals surface area contributed by atoms with Crippen LogP contribution in [0, 0.1) is 0 Å². The number of fused-ring (bicyclic) bond motifs is 1. The number of rotatable bonds is 13. The fourth-order valence-corrected chi connectivity index (χ4v) is 6.30. The number of benzene rings is 3. The number of nitrogens with zero attached hydrogens (tertiary/aromatic N) is 2. The number of thiophene rings is 1. The number of methoxy groups -OCH3 is 3. The minimum Gasteiger partial charge on any atom is -0.493 e. The van der Waals surface area contributed by atoms with Gasteiger partial charge in [-0.2, -0.15) is 0 Å². The van der Waals surface area contributed by atoms with Crippen LogP contribution in [-0.4, -0.2) is 70.8 Å². The quantitative estimate of drug-likeness (QED) is 0.155. The highest BCUT2D eigenvalue weighted by Gasteiger charge is 2.23. The van der Waals surface area contributed by atoms with E-state index in [2.05, 4.69) is 41.6 Å². The number of halogens is 2. The minimum atomic E-state index is -0.146. The van der Waals surface area contributed by atoms with E-state index in [1.54, 1.807) is 35.4 Å². The summed E-state index contributed by atoms with van der Waals surface area (Å²) < 4.78 is 17.6. The van der Waals surface area contributed by atoms with Crippen molar-refractivity contribution in [1.82, 2.24) is 9.80 Å². The normalized spacial score (nSPS) is 12.0. The summed E-state index contributed by atoms with van der Waals surface area (Å²) in [7, 11) is 8.56. The van der Waals surface area contributed by atoms with Crippen LogP contribution in [0.2, 0.25) is 10.0 Å². The van der Waals surface area contributed by atoms with E-state index < -0.39 is 0 Å². The van der Waals surface area contributed by atoms with Crippen molar-refractivity contribution in [2.45, 2.75) is 18.8 Å². The molecule has 0 aliphatic rings. The maximum atomic E-state index is 13.6. The maximum Gasteiger partial charge on any atom is 0.253 e. The molecule has 3 aromatic carbocycles. The summed E-state index contributed by atoms with van der Waals surface area (Å²) in [5, 5.41) is 4.62. The summed E-state index contributed by atoms with van der Waals surface area (Å²) in [6.07, 6.45) is 1.82. The van der Waals surface area contributed by atoms with Gasteiger partial charge in [0.25, 0.3) is 5.91 Å². The molecule has 41 heavy (non-hydrogen) atoms. The summed E-state index contributed by atoms with van der Waals surface area (Å²) in [4.78, 5) is 17.6. The molecule has 6 nitrogen and oxygen atoms in total. The van der Waals surface area contributed by atoms with Crippen LogP contribution in [0.5, 0.6) is 17.2 Å². The Hall–Kier alpha value is -2.97. The van der Waals surface area contributed by atoms with Crippen molar-refractivity contribution < 1.29 is 19.0 Å². The Labute approximate surface area is 256 Å². The van der Waals surface area contributed by atoms with Gasteiger partial charge in [-0.25, -0.2) is 0 Å². The molecule has 4 aromatic rings. The van der Waals surface area contributed by atoms with Crippen LogP contribution < -0.4 is 14.2 Å². The molecular weight excluding hydrogens is 579 g/mol. The van der Waals surface area contributed by atoms with Gasteiger partial charge in [-0.3, -0.25) is 4.79 Å². The van der Waals surface area contributed by atoms with Crippen molar-refractivity contribution in [3.63, 3.8) is 0 Å². The number of amides is 1. The molecule has 0 N–H and O–H groups in total. The van der Waals surface area contributed by atoms with Gasteiger partial charge in [0.15, 0.2) is 11.5 Å². The Morgan fingerprint density at radius 2 is 1.61 bits per heavy atom. The van der Waals surface area contributed by atoms with E-state index in [1.807, 2.05) is 18.2 Å². The highest BCUT2D eigenvalue weighted by atomic mass is 35.5. The van der Waals surface area contributed by atoms with E-state index in [-0.39, 0.29) is 11.8 Å². The molecule has 1 aromatic heterocycles. The molecule has 1 amide bonds. The molecule has 0 bridgehead atoms. The van der Waals surface area contributed by atoms with Crippen molar-refractivity contribution in [3.8, 4) is 17.2 Å². The zero-order valence-corrected chi connectivity index (χ0v) is 26.4. The molecule has 1 atom stereocenters. The SMILES string of the molecule is COc1cc(C(=O)N(C)CC(CCN(C)CCc2csc3ccccc23)c2ccc(Cl)c(Cl)c2)cc(OC)c1OC. The van der Waals surface area contributed by atoms with Gasteiger partial charge < -0.3 is 24.0 Å². The summed E-state index contributed by atoms with van der Waals surface area (Å²) in [5.41, 5.74) is 2.88. The molecule has 0 aliphatic carbocycles. The number of hydrogen-bond donors (Lipinski definition) is 0. The lowest BCUT2D eigenvalue weighted by atomic mass is 9.94. The predicted octanol–water partition coefficient (Wildman–Crippen LogP) is 7.65. The Bertz CT molecular complexity index is 1470. The summed E-state index contributed by atoms with van der Waals surface area (Å²) >= 11 is 14.4. The van der Waals surface area contributed by atoms with Crippen molar-refractivity contribution in [2.75, 3.05) is 55.1 Å². The maximum absolute atomic E-state index is 13.6. The summed E-state index contributed by atoms with van der Waals surface area (Å²) in [6, 6.07) is 17.6. The molecular formula is C32H36Cl2N2O4S. The standard InChI is InChI=1S/C32H36Cl2N2O4S/c1-35(15-13-23-20-41-30-9-7-6-8-25(23)30)14-12-22(21-10-11-26(33)27(34)16-21)19-36(2)32(37)24-17-28(38-3)31(40-5)29(18-24)39-4/h6-11,16-18,20,22H,12-15,19H2,1-5H3. The van der Waals surface area contributed by atoms with Gasteiger partial charge in [0, 0.05) is 36.3 Å². The summed E-state index contributed by atoms with van der Waals surface area (Å²) in [6.45, 7) is 2.30. The minimum absolute atomic E-state index is 0.0465. The van der Waals surface area contributed by atoms with Gasteiger partial charge in [-0.15, -0.1) is 11.3 Å². The molecule has 0 saturated carbocycles. The zero-order chi connectivity index (χ0) is 29.5. The monoisotopic (exact) mass is 614 g/mol. The Balaban J connectivity index is 1.48. The lowest BCUT2D eigenvalue weighted by molar-refractivity contribution is 0.0782. The average molecular weight is 616 g/mol. The molecule has 1 unspecified atom stereocenters. The smallest absolute Gasteiger partial charge is 0.253 e. The van der Waals surface area contributed by atoms with Crippen LogP contribution >= 0.6 is 34.5 Å². The first-order valence-electron chi connectivity index (χ1n) is 13.4. The number of ether oxygens (including phenoxy) is 3. The third-order valence-corrected chi connectivity index (χ3v) is 9.10. The van der Waals surface area contributed by atoms with Crippen molar-refractivity contribution in [1.29, 1.82) is 0 Å². The molecule has 0 fully saturated rings. The van der Waals surface area contributed by atoms with Gasteiger partial charge in [-0.1, -0.05) is 47.5 Å². The summed E-state index contributed by atoms with van der Waals surface area (Å²) in [5.74, 6) is 1.22. The van der Waals surface area contributed by atoms with E-state index in [4.69, 9.17) is 37.4 Å². The molecule has 4 rings (SSSR count). The van der Waals surface area contributed by atoms with Crippen LogP contribution in [0.3, 0.4) is 0 Å². The predicted molar refractivity (Wildman–Crippen MR) is 170 cm³/mol. The topological polar surface area (TPSA) is 51.2 Å². The number of carbonyl (C=O) groups excluding carboxylic acids is 1. The Kier molecular flexibility index (Phi) is 10.8. The second kappa shape index (κ2) is 14.3. The first-order chi connectivity index (χ1) is 19.7. The lowest BCUT2D eigenvalue weighted by Gasteiger charge is -2.27. The molecule has 9 heteroatoms. The largest absolute Gasteiger partial charge is 0.493 e. The fraction of sp³-hybridized carbons (Fsp3) is 0.344. The average Bonchev–Trinajstić information content (AvgIpc) is 3.41. The molecule has 1 heterocycles. The van der Waals surface area contributed by atoms with Crippen molar-refractivity contribution in [2.24, 2.45) is 0 Å². The second-order valence-corrected chi connectivity index (χ2v) is 11.8. The van der Waals surface area contributed by atoms with Gasteiger partial charge in [0.05, 0.1) is 31.4 Å². The Morgan fingerprint density at radius 1 is 0.902 bits per heavy atom. The number of likely N-dealkylation sites (N-methyl/N-ethyl adjacent to an activating group) is 2. The molecule has 218 valence electrons. The van der Waals surface area contributed by atoms with Gasteiger partial charge in [-0.05, 0) is 78.7 Å². The van der Waals surface area contributed by atoms with Crippen LogP contribution in [0.25, 0.3) is 10.1 Å². The first-order valence-corrected chi connectivity index (χ1v) is 15.0. The van der Waals surface area contributed by atoms with E-state index in [9.17, 15) is 4.79 Å². The highest BCUT2D eigenvalue weighted by Crippen LogP contribution is 2.38. The van der Waals surface area contributed by atoms with Crippen molar-refractivity contribution in [3.05, 3.63) is 86.7 Å².